The van der Waals surface area contributed by atoms with E-state index in [1.807, 2.05) is 0 Å². The molecule has 0 radical (unpaired) electrons. The van der Waals surface area contributed by atoms with Gasteiger partial charge >= 0.3 is 0 Å². The molecule has 8 nitrogen and oxygen atoms in total. The van der Waals surface area contributed by atoms with E-state index in [1.54, 1.807) is 55.6 Å². The Morgan fingerprint density at radius 3 is 2.25 bits per heavy atom. The number of methoxy groups -OCH3 is 1. The van der Waals surface area contributed by atoms with Gasteiger partial charge in [0.05, 0.1) is 12.0 Å². The van der Waals surface area contributed by atoms with Crippen LogP contribution in [0.1, 0.15) is 5.89 Å². The van der Waals surface area contributed by atoms with Crippen molar-refractivity contribution in [3.8, 4) is 22.9 Å². The Morgan fingerprint density at radius 2 is 1.59 bits per heavy atom. The van der Waals surface area contributed by atoms with Crippen LogP contribution in [0.4, 0.5) is 10.1 Å². The fourth-order valence-electron chi connectivity index (χ4n) is 2.76. The van der Waals surface area contributed by atoms with Crippen LogP contribution in [-0.2, 0) is 16.6 Å². The summed E-state index contributed by atoms with van der Waals surface area (Å²) in [5, 5.41) is 3.93. The van der Waals surface area contributed by atoms with Gasteiger partial charge in [-0.2, -0.15) is 4.98 Å². The quantitative estimate of drug-likeness (QED) is 0.423. The van der Waals surface area contributed by atoms with Gasteiger partial charge in [-0.15, -0.1) is 0 Å². The van der Waals surface area contributed by atoms with E-state index >= 15 is 0 Å². The zero-order valence-corrected chi connectivity index (χ0v) is 17.7. The van der Waals surface area contributed by atoms with E-state index in [9.17, 15) is 12.8 Å². The summed E-state index contributed by atoms with van der Waals surface area (Å²) in [5.74, 6) is 1.47. The molecule has 32 heavy (non-hydrogen) atoms. The second-order valence-corrected chi connectivity index (χ2v) is 8.30. The van der Waals surface area contributed by atoms with Crippen molar-refractivity contribution in [2.75, 3.05) is 11.8 Å². The van der Waals surface area contributed by atoms with Crippen LogP contribution in [-0.4, -0.2) is 25.7 Å². The molecule has 3 aromatic carbocycles. The minimum Gasteiger partial charge on any atom is -0.497 e. The Labute approximate surface area is 183 Å². The Hall–Kier alpha value is -3.92. The molecule has 1 N–H and O–H groups in total. The zero-order valence-electron chi connectivity index (χ0n) is 16.9. The molecule has 0 spiro atoms. The first kappa shape index (κ1) is 21.3. The van der Waals surface area contributed by atoms with Crippen LogP contribution in [0.5, 0.6) is 11.5 Å². The van der Waals surface area contributed by atoms with Crippen LogP contribution >= 0.6 is 0 Å². The lowest BCUT2D eigenvalue weighted by atomic mass is 10.2. The standard InChI is InChI=1S/C22H18FN3O5S/c1-29-18-8-10-19(11-9-18)30-14-21-24-22(25-31-21)15-2-6-17(7-3-15)26-32(27,28)20-12-4-16(23)5-13-20/h2-13,26H,14H2,1H3. The second kappa shape index (κ2) is 9.06. The second-order valence-electron chi connectivity index (χ2n) is 6.61. The lowest BCUT2D eigenvalue weighted by molar-refractivity contribution is 0.242. The lowest BCUT2D eigenvalue weighted by Gasteiger charge is -2.08. The molecule has 1 aromatic heterocycles. The number of rotatable bonds is 8. The van der Waals surface area contributed by atoms with Gasteiger partial charge in [0, 0.05) is 11.3 Å². The fourth-order valence-corrected chi connectivity index (χ4v) is 3.82. The van der Waals surface area contributed by atoms with Crippen molar-refractivity contribution in [2.45, 2.75) is 11.5 Å². The molecular weight excluding hydrogens is 437 g/mol. The third-order valence-corrected chi connectivity index (χ3v) is 5.81. The highest BCUT2D eigenvalue weighted by Gasteiger charge is 2.15. The van der Waals surface area contributed by atoms with Gasteiger partial charge < -0.3 is 14.0 Å². The number of sulfonamides is 1. The first-order valence-corrected chi connectivity index (χ1v) is 10.9. The van der Waals surface area contributed by atoms with Crippen molar-refractivity contribution in [3.63, 3.8) is 0 Å². The Kier molecular flexibility index (Phi) is 6.04. The van der Waals surface area contributed by atoms with Crippen molar-refractivity contribution < 1.29 is 26.8 Å². The number of nitrogens with one attached hydrogen (secondary N) is 1. The van der Waals surface area contributed by atoms with E-state index < -0.39 is 15.8 Å². The predicted molar refractivity (Wildman–Crippen MR) is 114 cm³/mol. The summed E-state index contributed by atoms with van der Waals surface area (Å²) < 4.78 is 56.2. The highest BCUT2D eigenvalue weighted by molar-refractivity contribution is 7.92. The summed E-state index contributed by atoms with van der Waals surface area (Å²) in [7, 11) is -2.25. The number of hydrogen-bond acceptors (Lipinski definition) is 7. The van der Waals surface area contributed by atoms with Gasteiger partial charge in [0.15, 0.2) is 6.61 Å². The van der Waals surface area contributed by atoms with E-state index in [1.165, 1.54) is 12.1 Å². The molecular formula is C22H18FN3O5S. The average Bonchev–Trinajstić information content (AvgIpc) is 3.28. The molecule has 10 heteroatoms. The van der Waals surface area contributed by atoms with E-state index in [0.29, 0.717) is 22.8 Å². The van der Waals surface area contributed by atoms with Crippen molar-refractivity contribution in [2.24, 2.45) is 0 Å². The fraction of sp³-hybridized carbons (Fsp3) is 0.0909. The summed E-state index contributed by atoms with van der Waals surface area (Å²) in [6, 6.07) is 18.1. The van der Waals surface area contributed by atoms with Crippen molar-refractivity contribution in [3.05, 3.63) is 84.5 Å². The highest BCUT2D eigenvalue weighted by atomic mass is 32.2. The van der Waals surface area contributed by atoms with Gasteiger partial charge in [0.25, 0.3) is 15.9 Å². The van der Waals surface area contributed by atoms with Gasteiger partial charge in [-0.05, 0) is 72.8 Å². The summed E-state index contributed by atoms with van der Waals surface area (Å²) >= 11 is 0. The summed E-state index contributed by atoms with van der Waals surface area (Å²) in [4.78, 5) is 4.25. The van der Waals surface area contributed by atoms with Crippen LogP contribution in [0.2, 0.25) is 0 Å². The van der Waals surface area contributed by atoms with Gasteiger partial charge in [-0.3, -0.25) is 4.72 Å². The molecule has 0 aliphatic carbocycles. The summed E-state index contributed by atoms with van der Waals surface area (Å²) in [5.41, 5.74) is 0.971. The van der Waals surface area contributed by atoms with Crippen molar-refractivity contribution in [1.82, 2.24) is 10.1 Å². The minimum absolute atomic E-state index is 0.0392. The third kappa shape index (κ3) is 5.03. The maximum Gasteiger partial charge on any atom is 0.264 e. The van der Waals surface area contributed by atoms with Gasteiger partial charge in [0.2, 0.25) is 5.82 Å². The van der Waals surface area contributed by atoms with Crippen molar-refractivity contribution in [1.29, 1.82) is 0 Å². The molecule has 0 saturated carbocycles. The topological polar surface area (TPSA) is 104 Å². The average molecular weight is 455 g/mol. The minimum atomic E-state index is -3.83. The molecule has 0 aliphatic rings. The van der Waals surface area contributed by atoms with Crippen LogP contribution < -0.4 is 14.2 Å². The molecule has 0 amide bonds. The number of benzene rings is 3. The Balaban J connectivity index is 1.39. The van der Waals surface area contributed by atoms with Crippen molar-refractivity contribution >= 4 is 15.7 Å². The van der Waals surface area contributed by atoms with E-state index in [0.717, 1.165) is 17.9 Å². The zero-order chi connectivity index (χ0) is 22.6. The largest absolute Gasteiger partial charge is 0.497 e. The molecule has 0 unspecified atom stereocenters. The first-order valence-electron chi connectivity index (χ1n) is 9.41. The summed E-state index contributed by atoms with van der Waals surface area (Å²) in [6.45, 7) is 0.0921. The molecule has 4 rings (SSSR count). The van der Waals surface area contributed by atoms with E-state index in [2.05, 4.69) is 14.9 Å². The van der Waals surface area contributed by atoms with Crippen LogP contribution in [0.15, 0.2) is 82.2 Å². The van der Waals surface area contributed by atoms with Crippen LogP contribution in [0.25, 0.3) is 11.4 Å². The highest BCUT2D eigenvalue weighted by Crippen LogP contribution is 2.22. The number of hydrogen-bond donors (Lipinski definition) is 1. The molecule has 0 aliphatic heterocycles. The molecule has 164 valence electrons. The van der Waals surface area contributed by atoms with E-state index in [-0.39, 0.29) is 17.4 Å². The maximum absolute atomic E-state index is 13.0. The number of aromatic nitrogens is 2. The van der Waals surface area contributed by atoms with Crippen LogP contribution in [0.3, 0.4) is 0 Å². The Bertz CT molecular complexity index is 1290. The van der Waals surface area contributed by atoms with Crippen LogP contribution in [0, 0.1) is 5.82 Å². The Morgan fingerprint density at radius 1 is 0.938 bits per heavy atom. The van der Waals surface area contributed by atoms with E-state index in [4.69, 9.17) is 14.0 Å². The monoisotopic (exact) mass is 455 g/mol. The number of anilines is 1. The maximum atomic E-state index is 13.0. The SMILES string of the molecule is COc1ccc(OCc2nc(-c3ccc(NS(=O)(=O)c4ccc(F)cc4)cc3)no2)cc1. The molecule has 4 aromatic rings. The summed E-state index contributed by atoms with van der Waals surface area (Å²) in [6.07, 6.45) is 0. The molecule has 1 heterocycles. The normalized spacial score (nSPS) is 11.2. The first-order chi connectivity index (χ1) is 15.4. The number of nitrogens with zero attached hydrogens (tertiary/aromatic N) is 2. The lowest BCUT2D eigenvalue weighted by Crippen LogP contribution is -2.12. The number of ether oxygens (including phenoxy) is 2. The number of halogens is 1. The predicted octanol–water partition coefficient (Wildman–Crippen LogP) is 4.26. The van der Waals surface area contributed by atoms with Gasteiger partial charge in [0.1, 0.15) is 17.3 Å². The molecule has 0 atom stereocenters. The van der Waals surface area contributed by atoms with Gasteiger partial charge in [-0.1, -0.05) is 5.16 Å². The molecule has 0 fully saturated rings. The smallest absolute Gasteiger partial charge is 0.264 e. The van der Waals surface area contributed by atoms with Gasteiger partial charge in [-0.25, -0.2) is 12.8 Å². The third-order valence-electron chi connectivity index (χ3n) is 4.41. The molecule has 0 saturated heterocycles. The molecule has 0 bridgehead atoms.